The SMILES string of the molecule is O=C(NCCc1nc2ccccc2s1)C1(c2ccc(Cl)cc2)CC1. The lowest BCUT2D eigenvalue weighted by molar-refractivity contribution is -0.123. The molecule has 2 aromatic carbocycles. The Bertz CT molecular complexity index is 851. The molecule has 1 N–H and O–H groups in total. The van der Waals surface area contributed by atoms with E-state index in [9.17, 15) is 4.79 Å². The Morgan fingerprint density at radius 1 is 1.17 bits per heavy atom. The number of para-hydroxylation sites is 1. The molecular formula is C19H17ClN2OS. The second-order valence-corrected chi connectivity index (χ2v) is 7.72. The number of carbonyl (C=O) groups excluding carboxylic acids is 1. The van der Waals surface area contributed by atoms with Crippen LogP contribution in [-0.2, 0) is 16.6 Å². The van der Waals surface area contributed by atoms with Gasteiger partial charge in [-0.05, 0) is 42.7 Å². The molecular weight excluding hydrogens is 340 g/mol. The molecule has 3 aromatic rings. The van der Waals surface area contributed by atoms with Crippen molar-refractivity contribution in [3.05, 3.63) is 64.1 Å². The molecule has 0 bridgehead atoms. The number of fused-ring (bicyclic) bond motifs is 1. The largest absolute Gasteiger partial charge is 0.355 e. The first-order valence-electron chi connectivity index (χ1n) is 8.06. The minimum atomic E-state index is -0.349. The molecule has 1 amide bonds. The van der Waals surface area contributed by atoms with Gasteiger partial charge in [-0.2, -0.15) is 0 Å². The number of aromatic nitrogens is 1. The van der Waals surface area contributed by atoms with E-state index >= 15 is 0 Å². The van der Waals surface area contributed by atoms with Crippen LogP contribution in [-0.4, -0.2) is 17.4 Å². The Hall–Kier alpha value is -1.91. The second-order valence-electron chi connectivity index (χ2n) is 6.17. The van der Waals surface area contributed by atoms with E-state index in [1.54, 1.807) is 11.3 Å². The molecule has 1 aliphatic carbocycles. The van der Waals surface area contributed by atoms with Crippen molar-refractivity contribution in [3.8, 4) is 0 Å². The summed E-state index contributed by atoms with van der Waals surface area (Å²) in [6.45, 7) is 0.619. The van der Waals surface area contributed by atoms with Crippen LogP contribution >= 0.6 is 22.9 Å². The van der Waals surface area contributed by atoms with Crippen LogP contribution in [0, 0.1) is 0 Å². The van der Waals surface area contributed by atoms with Gasteiger partial charge in [-0.15, -0.1) is 11.3 Å². The molecule has 3 nitrogen and oxygen atoms in total. The number of nitrogens with one attached hydrogen (secondary N) is 1. The molecule has 5 heteroatoms. The Kier molecular flexibility index (Phi) is 4.02. The lowest BCUT2D eigenvalue weighted by Crippen LogP contribution is -2.35. The predicted octanol–water partition coefficient (Wildman–Crippen LogP) is 4.34. The van der Waals surface area contributed by atoms with Gasteiger partial charge in [0.2, 0.25) is 5.91 Å². The van der Waals surface area contributed by atoms with Gasteiger partial charge in [0.05, 0.1) is 20.6 Å². The van der Waals surface area contributed by atoms with Gasteiger partial charge < -0.3 is 5.32 Å². The van der Waals surface area contributed by atoms with Gasteiger partial charge in [0.15, 0.2) is 0 Å². The number of amides is 1. The molecule has 24 heavy (non-hydrogen) atoms. The molecule has 1 aromatic heterocycles. The highest BCUT2D eigenvalue weighted by molar-refractivity contribution is 7.18. The maximum Gasteiger partial charge on any atom is 0.230 e. The fourth-order valence-electron chi connectivity index (χ4n) is 3.02. The number of hydrogen-bond donors (Lipinski definition) is 1. The number of thiazole rings is 1. The van der Waals surface area contributed by atoms with Crippen molar-refractivity contribution in [3.63, 3.8) is 0 Å². The van der Waals surface area contributed by atoms with Crippen LogP contribution in [0.15, 0.2) is 48.5 Å². The first-order valence-corrected chi connectivity index (χ1v) is 9.26. The summed E-state index contributed by atoms with van der Waals surface area (Å²) >= 11 is 7.63. The van der Waals surface area contributed by atoms with E-state index in [2.05, 4.69) is 16.4 Å². The van der Waals surface area contributed by atoms with Crippen molar-refractivity contribution in [2.24, 2.45) is 0 Å². The van der Waals surface area contributed by atoms with Crippen molar-refractivity contribution < 1.29 is 4.79 Å². The predicted molar refractivity (Wildman–Crippen MR) is 98.7 cm³/mol. The maximum atomic E-state index is 12.6. The van der Waals surface area contributed by atoms with E-state index in [4.69, 9.17) is 11.6 Å². The van der Waals surface area contributed by atoms with Crippen molar-refractivity contribution in [2.45, 2.75) is 24.7 Å². The van der Waals surface area contributed by atoms with Crippen molar-refractivity contribution >= 4 is 39.1 Å². The van der Waals surface area contributed by atoms with Crippen LogP contribution < -0.4 is 5.32 Å². The Balaban J connectivity index is 1.39. The molecule has 1 fully saturated rings. The zero-order valence-electron chi connectivity index (χ0n) is 13.1. The number of halogens is 1. The van der Waals surface area contributed by atoms with E-state index in [1.807, 2.05) is 42.5 Å². The number of benzene rings is 2. The third kappa shape index (κ3) is 2.92. The van der Waals surface area contributed by atoms with Crippen molar-refractivity contribution in [2.75, 3.05) is 6.54 Å². The number of hydrogen-bond acceptors (Lipinski definition) is 3. The van der Waals surface area contributed by atoms with Gasteiger partial charge in [0.25, 0.3) is 0 Å². The van der Waals surface area contributed by atoms with E-state index in [0.717, 1.165) is 35.4 Å². The van der Waals surface area contributed by atoms with Gasteiger partial charge in [-0.3, -0.25) is 4.79 Å². The van der Waals surface area contributed by atoms with Gasteiger partial charge in [-0.25, -0.2) is 4.98 Å². The minimum absolute atomic E-state index is 0.117. The van der Waals surface area contributed by atoms with Crippen LogP contribution in [0.1, 0.15) is 23.4 Å². The first kappa shape index (κ1) is 15.6. The average molecular weight is 357 g/mol. The van der Waals surface area contributed by atoms with Gasteiger partial charge >= 0.3 is 0 Å². The molecule has 0 aliphatic heterocycles. The van der Waals surface area contributed by atoms with E-state index in [1.165, 1.54) is 4.70 Å². The van der Waals surface area contributed by atoms with Crippen molar-refractivity contribution in [1.82, 2.24) is 10.3 Å². The summed E-state index contributed by atoms with van der Waals surface area (Å²) in [7, 11) is 0. The zero-order valence-corrected chi connectivity index (χ0v) is 14.7. The third-order valence-electron chi connectivity index (χ3n) is 4.54. The Morgan fingerprint density at radius 3 is 2.62 bits per heavy atom. The van der Waals surface area contributed by atoms with Crippen LogP contribution in [0.25, 0.3) is 10.2 Å². The third-order valence-corrected chi connectivity index (χ3v) is 5.89. The molecule has 1 saturated carbocycles. The van der Waals surface area contributed by atoms with Crippen LogP contribution in [0.3, 0.4) is 0 Å². The molecule has 0 unspecified atom stereocenters. The first-order chi connectivity index (χ1) is 11.7. The Labute approximate surface area is 149 Å². The fourth-order valence-corrected chi connectivity index (χ4v) is 4.11. The van der Waals surface area contributed by atoms with Crippen LogP contribution in [0.4, 0.5) is 0 Å². The summed E-state index contributed by atoms with van der Waals surface area (Å²) in [6.07, 6.45) is 2.57. The summed E-state index contributed by atoms with van der Waals surface area (Å²) in [5, 5.41) is 4.85. The molecule has 1 heterocycles. The summed E-state index contributed by atoms with van der Waals surface area (Å²) in [6, 6.07) is 15.7. The van der Waals surface area contributed by atoms with Crippen molar-refractivity contribution in [1.29, 1.82) is 0 Å². The van der Waals surface area contributed by atoms with Crippen LogP contribution in [0.5, 0.6) is 0 Å². The number of carbonyl (C=O) groups is 1. The van der Waals surface area contributed by atoms with Gasteiger partial charge in [0, 0.05) is 18.0 Å². The quantitative estimate of drug-likeness (QED) is 0.738. The number of rotatable bonds is 5. The summed E-state index contributed by atoms with van der Waals surface area (Å²) in [5.41, 5.74) is 1.74. The maximum absolute atomic E-state index is 12.6. The average Bonchev–Trinajstić information content (AvgIpc) is 3.29. The highest BCUT2D eigenvalue weighted by Gasteiger charge is 2.50. The normalized spacial score (nSPS) is 15.4. The molecule has 0 atom stereocenters. The Morgan fingerprint density at radius 2 is 1.92 bits per heavy atom. The van der Waals surface area contributed by atoms with E-state index < -0.39 is 0 Å². The monoisotopic (exact) mass is 356 g/mol. The second kappa shape index (κ2) is 6.19. The summed E-state index contributed by atoms with van der Waals surface area (Å²) in [5.74, 6) is 0.117. The topological polar surface area (TPSA) is 42.0 Å². The van der Waals surface area contributed by atoms with Gasteiger partial charge in [-0.1, -0.05) is 35.9 Å². The molecule has 0 spiro atoms. The molecule has 122 valence electrons. The van der Waals surface area contributed by atoms with E-state index in [0.29, 0.717) is 11.6 Å². The highest BCUT2D eigenvalue weighted by atomic mass is 35.5. The smallest absolute Gasteiger partial charge is 0.230 e. The molecule has 0 saturated heterocycles. The van der Waals surface area contributed by atoms with Crippen LogP contribution in [0.2, 0.25) is 5.02 Å². The van der Waals surface area contributed by atoms with Gasteiger partial charge in [0.1, 0.15) is 0 Å². The summed E-state index contributed by atoms with van der Waals surface area (Å²) in [4.78, 5) is 17.2. The standard InChI is InChI=1S/C19H17ClN2OS/c20-14-7-5-13(6-8-14)19(10-11-19)18(23)21-12-9-17-22-15-3-1-2-4-16(15)24-17/h1-8H,9-12H2,(H,21,23). The number of nitrogens with zero attached hydrogens (tertiary/aromatic N) is 1. The highest BCUT2D eigenvalue weighted by Crippen LogP contribution is 2.48. The lowest BCUT2D eigenvalue weighted by atomic mass is 9.95. The molecule has 1 aliphatic rings. The summed E-state index contributed by atoms with van der Waals surface area (Å²) < 4.78 is 1.19. The molecule has 0 radical (unpaired) electrons. The zero-order chi connectivity index (χ0) is 16.6. The minimum Gasteiger partial charge on any atom is -0.355 e. The lowest BCUT2D eigenvalue weighted by Gasteiger charge is -2.15. The van der Waals surface area contributed by atoms with E-state index in [-0.39, 0.29) is 11.3 Å². The molecule has 4 rings (SSSR count). The fraction of sp³-hybridized carbons (Fsp3) is 0.263.